The van der Waals surface area contributed by atoms with E-state index in [0.717, 1.165) is 13.0 Å². The summed E-state index contributed by atoms with van der Waals surface area (Å²) in [7, 11) is 0. The van der Waals surface area contributed by atoms with E-state index in [1.165, 1.54) is 32.6 Å². The van der Waals surface area contributed by atoms with Crippen LogP contribution in [0.2, 0.25) is 0 Å². The zero-order valence-corrected chi connectivity index (χ0v) is 12.8. The number of piperidine rings is 1. The van der Waals surface area contributed by atoms with E-state index in [1.807, 2.05) is 0 Å². The molecule has 2 saturated carbocycles. The molecule has 3 aliphatic rings. The summed E-state index contributed by atoms with van der Waals surface area (Å²) in [4.78, 5) is 25.3. The lowest BCUT2D eigenvalue weighted by Crippen LogP contribution is -2.53. The summed E-state index contributed by atoms with van der Waals surface area (Å²) < 4.78 is 5.30. The van der Waals surface area contributed by atoms with Crippen molar-refractivity contribution in [3.63, 3.8) is 0 Å². The topological polar surface area (TPSA) is 46.6 Å². The molecule has 2 bridgehead atoms. The quantitative estimate of drug-likeness (QED) is 0.729. The molecule has 0 spiro atoms. The Morgan fingerprint density at radius 2 is 2.05 bits per heavy atom. The Kier molecular flexibility index (Phi) is 3.11. The molecule has 1 heterocycles. The Labute approximate surface area is 120 Å². The molecular formula is C16H25NO3. The van der Waals surface area contributed by atoms with Gasteiger partial charge in [0, 0.05) is 31.8 Å². The summed E-state index contributed by atoms with van der Waals surface area (Å²) in [6.07, 6.45) is 6.11. The van der Waals surface area contributed by atoms with Gasteiger partial charge in [-0.05, 0) is 37.5 Å². The second kappa shape index (κ2) is 4.47. The number of likely N-dealkylation sites (tertiary alicyclic amines) is 1. The lowest BCUT2D eigenvalue weighted by molar-refractivity contribution is -0.146. The van der Waals surface area contributed by atoms with Crippen LogP contribution in [-0.4, -0.2) is 35.5 Å². The number of ether oxygens (including phenoxy) is 1. The van der Waals surface area contributed by atoms with Crippen molar-refractivity contribution in [3.8, 4) is 0 Å². The zero-order valence-electron chi connectivity index (χ0n) is 12.8. The normalized spacial score (nSPS) is 42.5. The molecule has 2 aliphatic carbocycles. The molecule has 0 aromatic heterocycles. The molecule has 1 aliphatic heterocycles. The van der Waals surface area contributed by atoms with Crippen LogP contribution in [0.5, 0.6) is 0 Å². The summed E-state index contributed by atoms with van der Waals surface area (Å²) in [6, 6.07) is 0. The largest absolute Gasteiger partial charge is 0.465 e. The summed E-state index contributed by atoms with van der Waals surface area (Å²) in [5, 5.41) is 0. The molecule has 0 aromatic rings. The van der Waals surface area contributed by atoms with Gasteiger partial charge < -0.3 is 9.64 Å². The van der Waals surface area contributed by atoms with E-state index in [4.69, 9.17) is 4.74 Å². The van der Waals surface area contributed by atoms with Gasteiger partial charge in [0.05, 0.1) is 6.61 Å². The number of carbonyl (C=O) groups is 2. The van der Waals surface area contributed by atoms with E-state index in [2.05, 4.69) is 11.8 Å². The number of hydrogen-bond acceptors (Lipinski definition) is 3. The third-order valence-electron chi connectivity index (χ3n) is 6.26. The minimum atomic E-state index is -0.216. The van der Waals surface area contributed by atoms with Crippen LogP contribution < -0.4 is 0 Å². The molecule has 112 valence electrons. The minimum absolute atomic E-state index is 0.109. The number of rotatable bonds is 2. The van der Waals surface area contributed by atoms with E-state index in [9.17, 15) is 9.59 Å². The Morgan fingerprint density at radius 3 is 2.65 bits per heavy atom. The zero-order chi connectivity index (χ0) is 14.5. The van der Waals surface area contributed by atoms with Gasteiger partial charge in [0.15, 0.2) is 0 Å². The summed E-state index contributed by atoms with van der Waals surface area (Å²) >= 11 is 0. The predicted octanol–water partition coefficient (Wildman–Crippen LogP) is 2.37. The van der Waals surface area contributed by atoms with Crippen molar-refractivity contribution in [2.24, 2.45) is 17.3 Å². The van der Waals surface area contributed by atoms with Crippen LogP contribution in [0.15, 0.2) is 0 Å². The van der Waals surface area contributed by atoms with Crippen molar-refractivity contribution < 1.29 is 14.3 Å². The van der Waals surface area contributed by atoms with Gasteiger partial charge in [0.1, 0.15) is 0 Å². The maximum Gasteiger partial charge on any atom is 0.302 e. The first-order valence-corrected chi connectivity index (χ1v) is 7.82. The van der Waals surface area contributed by atoms with Crippen LogP contribution >= 0.6 is 0 Å². The van der Waals surface area contributed by atoms with Crippen molar-refractivity contribution >= 4 is 11.9 Å². The Bertz CT molecular complexity index is 449. The number of amides is 1. The molecule has 1 saturated heterocycles. The van der Waals surface area contributed by atoms with Crippen molar-refractivity contribution in [1.29, 1.82) is 0 Å². The monoisotopic (exact) mass is 279 g/mol. The van der Waals surface area contributed by atoms with Crippen molar-refractivity contribution in [3.05, 3.63) is 0 Å². The van der Waals surface area contributed by atoms with Gasteiger partial charge in [0.25, 0.3) is 0 Å². The average Bonchev–Trinajstić information content (AvgIpc) is 2.80. The smallest absolute Gasteiger partial charge is 0.302 e. The molecule has 0 N–H and O–H groups in total. The van der Waals surface area contributed by atoms with Crippen LogP contribution in [0.4, 0.5) is 0 Å². The molecule has 3 fully saturated rings. The number of nitrogens with zero attached hydrogens (tertiary/aromatic N) is 1. The van der Waals surface area contributed by atoms with E-state index in [0.29, 0.717) is 23.9 Å². The minimum Gasteiger partial charge on any atom is -0.465 e. The van der Waals surface area contributed by atoms with E-state index < -0.39 is 0 Å². The van der Waals surface area contributed by atoms with Gasteiger partial charge in [-0.15, -0.1) is 0 Å². The maximum absolute atomic E-state index is 12.1. The molecule has 4 heteroatoms. The number of hydrogen-bond donors (Lipinski definition) is 0. The van der Waals surface area contributed by atoms with E-state index in [1.54, 1.807) is 6.92 Å². The fourth-order valence-corrected chi connectivity index (χ4v) is 5.49. The highest BCUT2D eigenvalue weighted by Crippen LogP contribution is 2.66. The Morgan fingerprint density at radius 1 is 1.30 bits per heavy atom. The first-order chi connectivity index (χ1) is 9.40. The van der Waals surface area contributed by atoms with Crippen LogP contribution in [-0.2, 0) is 14.3 Å². The number of carbonyl (C=O) groups excluding carboxylic acids is 2. The molecular weight excluding hydrogens is 254 g/mol. The highest BCUT2D eigenvalue weighted by Gasteiger charge is 2.68. The van der Waals surface area contributed by atoms with E-state index in [-0.39, 0.29) is 17.4 Å². The maximum atomic E-state index is 12.1. The van der Waals surface area contributed by atoms with Crippen molar-refractivity contribution in [2.75, 3.05) is 13.2 Å². The second-order valence-electron chi connectivity index (χ2n) is 7.20. The van der Waals surface area contributed by atoms with Crippen molar-refractivity contribution in [1.82, 2.24) is 4.90 Å². The Hall–Kier alpha value is -1.06. The molecule has 4 atom stereocenters. The lowest BCUT2D eigenvalue weighted by atomic mass is 9.68. The third-order valence-corrected chi connectivity index (χ3v) is 6.26. The Balaban J connectivity index is 1.91. The third kappa shape index (κ3) is 1.73. The highest BCUT2D eigenvalue weighted by molar-refractivity contribution is 5.75. The lowest BCUT2D eigenvalue weighted by Gasteiger charge is -2.43. The van der Waals surface area contributed by atoms with Gasteiger partial charge in [-0.25, -0.2) is 0 Å². The van der Waals surface area contributed by atoms with Gasteiger partial charge in [-0.1, -0.05) is 12.8 Å². The van der Waals surface area contributed by atoms with Gasteiger partial charge in [-0.3, -0.25) is 9.59 Å². The fourth-order valence-electron chi connectivity index (χ4n) is 5.49. The molecule has 20 heavy (non-hydrogen) atoms. The van der Waals surface area contributed by atoms with Gasteiger partial charge >= 0.3 is 5.97 Å². The number of esters is 1. The SMILES string of the molecule is CC(=O)OCC1CC23CCCCC2C1(C)N(C(C)=O)C3. The predicted molar refractivity (Wildman–Crippen MR) is 74.9 cm³/mol. The highest BCUT2D eigenvalue weighted by atomic mass is 16.5. The second-order valence-corrected chi connectivity index (χ2v) is 7.20. The van der Waals surface area contributed by atoms with Crippen LogP contribution in [0.25, 0.3) is 0 Å². The first kappa shape index (κ1) is 13.9. The summed E-state index contributed by atoms with van der Waals surface area (Å²) in [5.74, 6) is 0.848. The summed E-state index contributed by atoms with van der Waals surface area (Å²) in [6.45, 7) is 6.75. The van der Waals surface area contributed by atoms with Crippen LogP contribution in [0.3, 0.4) is 0 Å². The molecule has 4 unspecified atom stereocenters. The molecule has 1 amide bonds. The first-order valence-electron chi connectivity index (χ1n) is 7.82. The fraction of sp³-hybridized carbons (Fsp3) is 0.875. The molecule has 3 rings (SSSR count). The van der Waals surface area contributed by atoms with Gasteiger partial charge in [-0.2, -0.15) is 0 Å². The molecule has 0 aromatic carbocycles. The van der Waals surface area contributed by atoms with Crippen LogP contribution in [0.1, 0.15) is 52.9 Å². The summed E-state index contributed by atoms with van der Waals surface area (Å²) in [5.41, 5.74) is 0.186. The molecule has 4 nitrogen and oxygen atoms in total. The standard InChI is InChI=1S/C16H25NO3/c1-11(18)17-10-16-7-5-4-6-14(16)15(17,3)13(8-16)9-20-12(2)19/h13-14H,4-10H2,1-3H3. The van der Waals surface area contributed by atoms with E-state index >= 15 is 0 Å². The molecule has 0 radical (unpaired) electrons. The van der Waals surface area contributed by atoms with Crippen LogP contribution in [0, 0.1) is 17.3 Å². The van der Waals surface area contributed by atoms with Crippen molar-refractivity contribution in [2.45, 2.75) is 58.4 Å². The average molecular weight is 279 g/mol. The van der Waals surface area contributed by atoms with Gasteiger partial charge in [0.2, 0.25) is 5.91 Å².